The van der Waals surface area contributed by atoms with Gasteiger partial charge in [-0.25, -0.2) is 0 Å². The van der Waals surface area contributed by atoms with E-state index in [-0.39, 0.29) is 6.04 Å². The second-order valence-electron chi connectivity index (χ2n) is 5.26. The van der Waals surface area contributed by atoms with Crippen molar-refractivity contribution in [2.24, 2.45) is 5.73 Å². The lowest BCUT2D eigenvalue weighted by Crippen LogP contribution is -2.25. The maximum absolute atomic E-state index is 6.09. The molecule has 1 rings (SSSR count). The Labute approximate surface area is 117 Å². The number of anilines is 1. The van der Waals surface area contributed by atoms with Gasteiger partial charge in [0, 0.05) is 30.9 Å². The van der Waals surface area contributed by atoms with Crippen LogP contribution < -0.4 is 15.4 Å². The molecule has 2 N–H and O–H groups in total. The molecule has 1 unspecified atom stereocenters. The fourth-order valence-electron chi connectivity index (χ4n) is 2.25. The van der Waals surface area contributed by atoms with Gasteiger partial charge in [-0.2, -0.15) is 0 Å². The monoisotopic (exact) mass is 265 g/mol. The quantitative estimate of drug-likeness (QED) is 0.820. The number of hydrogen-bond acceptors (Lipinski definition) is 4. The van der Waals surface area contributed by atoms with Gasteiger partial charge in [-0.15, -0.1) is 0 Å². The highest BCUT2D eigenvalue weighted by molar-refractivity contribution is 5.60. The average molecular weight is 265 g/mol. The zero-order valence-corrected chi connectivity index (χ0v) is 12.8. The normalized spacial score (nSPS) is 12.6. The first-order valence-electron chi connectivity index (χ1n) is 6.75. The van der Waals surface area contributed by atoms with Crippen LogP contribution in [-0.4, -0.2) is 46.2 Å². The first kappa shape index (κ1) is 15.8. The number of nitrogens with two attached hydrogens (primary N) is 1. The van der Waals surface area contributed by atoms with Crippen LogP contribution in [0.3, 0.4) is 0 Å². The molecule has 0 bridgehead atoms. The summed E-state index contributed by atoms with van der Waals surface area (Å²) in [5.74, 6) is 0.868. The molecule has 0 fully saturated rings. The third kappa shape index (κ3) is 4.40. The molecule has 0 saturated heterocycles. The van der Waals surface area contributed by atoms with E-state index < -0.39 is 0 Å². The van der Waals surface area contributed by atoms with Crippen molar-refractivity contribution >= 4 is 5.69 Å². The molecule has 4 nitrogen and oxygen atoms in total. The second kappa shape index (κ2) is 7.36. The lowest BCUT2D eigenvalue weighted by molar-refractivity contribution is 0.400. The van der Waals surface area contributed by atoms with E-state index in [4.69, 9.17) is 10.5 Å². The number of methoxy groups -OCH3 is 1. The van der Waals surface area contributed by atoms with Crippen LogP contribution in [0.2, 0.25) is 0 Å². The minimum absolute atomic E-state index is 0.0394. The average Bonchev–Trinajstić information content (AvgIpc) is 2.36. The third-order valence-electron chi connectivity index (χ3n) is 3.23. The van der Waals surface area contributed by atoms with Gasteiger partial charge in [0.1, 0.15) is 5.75 Å². The van der Waals surface area contributed by atoms with Gasteiger partial charge in [0.05, 0.1) is 7.11 Å². The van der Waals surface area contributed by atoms with E-state index >= 15 is 0 Å². The summed E-state index contributed by atoms with van der Waals surface area (Å²) in [6, 6.07) is 6.05. The first-order valence-corrected chi connectivity index (χ1v) is 6.75. The van der Waals surface area contributed by atoms with Crippen LogP contribution in [0.25, 0.3) is 0 Å². The predicted molar refractivity (Wildman–Crippen MR) is 82.0 cm³/mol. The lowest BCUT2D eigenvalue weighted by Gasteiger charge is -2.26. The SMILES string of the molecule is COc1cccc(N(C)CCCN(C)C)c1C(C)N. The molecule has 1 aromatic rings. The van der Waals surface area contributed by atoms with Crippen molar-refractivity contribution < 1.29 is 4.74 Å². The van der Waals surface area contributed by atoms with E-state index in [0.717, 1.165) is 36.5 Å². The standard InChI is InChI=1S/C15H27N3O/c1-12(16)15-13(8-6-9-14(15)19-5)18(4)11-7-10-17(2)3/h6,8-9,12H,7,10-11,16H2,1-5H3. The number of nitrogens with zero attached hydrogens (tertiary/aromatic N) is 2. The van der Waals surface area contributed by atoms with Gasteiger partial charge in [-0.05, 0) is 46.1 Å². The Balaban J connectivity index is 2.86. The van der Waals surface area contributed by atoms with Gasteiger partial charge in [0.15, 0.2) is 0 Å². The Morgan fingerprint density at radius 1 is 1.21 bits per heavy atom. The Morgan fingerprint density at radius 3 is 2.42 bits per heavy atom. The van der Waals surface area contributed by atoms with Crippen LogP contribution in [0, 0.1) is 0 Å². The van der Waals surface area contributed by atoms with E-state index in [0.29, 0.717) is 0 Å². The Hall–Kier alpha value is -1.26. The number of ether oxygens (including phenoxy) is 1. The summed E-state index contributed by atoms with van der Waals surface area (Å²) in [7, 11) is 7.99. The molecular weight excluding hydrogens is 238 g/mol. The maximum atomic E-state index is 6.09. The molecule has 1 aromatic carbocycles. The summed E-state index contributed by atoms with van der Waals surface area (Å²) in [6.07, 6.45) is 1.12. The van der Waals surface area contributed by atoms with Crippen molar-refractivity contribution in [1.82, 2.24) is 4.90 Å². The van der Waals surface area contributed by atoms with Crippen LogP contribution in [-0.2, 0) is 0 Å². The highest BCUT2D eigenvalue weighted by Gasteiger charge is 2.15. The van der Waals surface area contributed by atoms with Crippen molar-refractivity contribution in [3.05, 3.63) is 23.8 Å². The molecule has 0 aliphatic heterocycles. The van der Waals surface area contributed by atoms with E-state index in [2.05, 4.69) is 37.0 Å². The Kier molecular flexibility index (Phi) is 6.12. The fraction of sp³-hybridized carbons (Fsp3) is 0.600. The number of benzene rings is 1. The zero-order chi connectivity index (χ0) is 14.4. The van der Waals surface area contributed by atoms with Crippen molar-refractivity contribution in [3.8, 4) is 5.75 Å². The van der Waals surface area contributed by atoms with Gasteiger partial charge in [-0.3, -0.25) is 0 Å². The molecule has 0 heterocycles. The molecular formula is C15H27N3O. The minimum Gasteiger partial charge on any atom is -0.496 e. The van der Waals surface area contributed by atoms with E-state index in [1.54, 1.807) is 7.11 Å². The van der Waals surface area contributed by atoms with Crippen molar-refractivity contribution in [2.45, 2.75) is 19.4 Å². The summed E-state index contributed by atoms with van der Waals surface area (Å²) in [5, 5.41) is 0. The van der Waals surface area contributed by atoms with Gasteiger partial charge in [-0.1, -0.05) is 6.07 Å². The highest BCUT2D eigenvalue weighted by Crippen LogP contribution is 2.33. The van der Waals surface area contributed by atoms with Gasteiger partial charge < -0.3 is 20.3 Å². The maximum Gasteiger partial charge on any atom is 0.125 e. The predicted octanol–water partition coefficient (Wildman–Crippen LogP) is 2.10. The number of rotatable bonds is 7. The summed E-state index contributed by atoms with van der Waals surface area (Å²) in [5.41, 5.74) is 8.33. The van der Waals surface area contributed by atoms with Crippen molar-refractivity contribution in [1.29, 1.82) is 0 Å². The highest BCUT2D eigenvalue weighted by atomic mass is 16.5. The zero-order valence-electron chi connectivity index (χ0n) is 12.8. The van der Waals surface area contributed by atoms with E-state index in [1.807, 2.05) is 19.1 Å². The van der Waals surface area contributed by atoms with Crippen molar-refractivity contribution in [2.75, 3.05) is 46.2 Å². The fourth-order valence-corrected chi connectivity index (χ4v) is 2.25. The van der Waals surface area contributed by atoms with Crippen LogP contribution in [0.15, 0.2) is 18.2 Å². The molecule has 0 aliphatic carbocycles. The summed E-state index contributed by atoms with van der Waals surface area (Å²) in [6.45, 7) is 4.09. The molecule has 108 valence electrons. The topological polar surface area (TPSA) is 41.7 Å². The summed E-state index contributed by atoms with van der Waals surface area (Å²) < 4.78 is 5.43. The van der Waals surface area contributed by atoms with Crippen LogP contribution in [0.1, 0.15) is 24.9 Å². The van der Waals surface area contributed by atoms with E-state index in [1.165, 1.54) is 0 Å². The largest absolute Gasteiger partial charge is 0.496 e. The second-order valence-corrected chi connectivity index (χ2v) is 5.26. The minimum atomic E-state index is -0.0394. The molecule has 0 spiro atoms. The number of hydrogen-bond donors (Lipinski definition) is 1. The first-order chi connectivity index (χ1) is 8.97. The Morgan fingerprint density at radius 2 is 1.89 bits per heavy atom. The van der Waals surface area contributed by atoms with Crippen LogP contribution >= 0.6 is 0 Å². The molecule has 0 amide bonds. The molecule has 19 heavy (non-hydrogen) atoms. The molecule has 0 radical (unpaired) electrons. The van der Waals surface area contributed by atoms with Crippen LogP contribution in [0.5, 0.6) is 5.75 Å². The molecule has 0 aromatic heterocycles. The van der Waals surface area contributed by atoms with Gasteiger partial charge in [0.2, 0.25) is 0 Å². The van der Waals surface area contributed by atoms with Gasteiger partial charge in [0.25, 0.3) is 0 Å². The molecule has 1 atom stereocenters. The summed E-state index contributed by atoms with van der Waals surface area (Å²) in [4.78, 5) is 4.45. The van der Waals surface area contributed by atoms with Gasteiger partial charge >= 0.3 is 0 Å². The lowest BCUT2D eigenvalue weighted by atomic mass is 10.0. The summed E-state index contributed by atoms with van der Waals surface area (Å²) >= 11 is 0. The Bertz CT molecular complexity index is 391. The van der Waals surface area contributed by atoms with E-state index in [9.17, 15) is 0 Å². The van der Waals surface area contributed by atoms with Crippen LogP contribution in [0.4, 0.5) is 5.69 Å². The smallest absolute Gasteiger partial charge is 0.125 e. The molecule has 4 heteroatoms. The molecule has 0 saturated carbocycles. The molecule has 0 aliphatic rings. The third-order valence-corrected chi connectivity index (χ3v) is 3.23. The van der Waals surface area contributed by atoms with Crippen molar-refractivity contribution in [3.63, 3.8) is 0 Å².